The molecule has 6 nitrogen and oxygen atoms in total. The highest BCUT2D eigenvalue weighted by Crippen LogP contribution is 2.34. The van der Waals surface area contributed by atoms with E-state index in [0.29, 0.717) is 12.6 Å². The number of ether oxygens (including phenoxy) is 2. The Hall–Kier alpha value is -1.95. The van der Waals surface area contributed by atoms with Gasteiger partial charge in [-0.3, -0.25) is 4.99 Å². The van der Waals surface area contributed by atoms with Crippen LogP contribution in [0.15, 0.2) is 23.2 Å². The predicted molar refractivity (Wildman–Crippen MR) is 99.3 cm³/mol. The van der Waals surface area contributed by atoms with Crippen molar-refractivity contribution in [2.24, 2.45) is 10.9 Å². The molecule has 1 aromatic rings. The Morgan fingerprint density at radius 1 is 1.33 bits per heavy atom. The minimum atomic E-state index is 0.540. The monoisotopic (exact) mass is 334 g/mol. The van der Waals surface area contributed by atoms with E-state index in [1.54, 1.807) is 14.2 Å². The summed E-state index contributed by atoms with van der Waals surface area (Å²) < 4.78 is 10.9. The normalized spacial score (nSPS) is 16.0. The zero-order valence-corrected chi connectivity index (χ0v) is 15.4. The zero-order chi connectivity index (χ0) is 17.5. The summed E-state index contributed by atoms with van der Waals surface area (Å²) in [5.74, 6) is 3.02. The maximum Gasteiger partial charge on any atom is 0.195 e. The lowest BCUT2D eigenvalue weighted by Crippen LogP contribution is -2.43. The molecule has 0 spiro atoms. The van der Waals surface area contributed by atoms with Crippen molar-refractivity contribution >= 4 is 11.6 Å². The van der Waals surface area contributed by atoms with E-state index >= 15 is 0 Å². The van der Waals surface area contributed by atoms with Crippen molar-refractivity contribution < 1.29 is 9.47 Å². The van der Waals surface area contributed by atoms with Crippen LogP contribution in [0.4, 0.5) is 5.69 Å². The van der Waals surface area contributed by atoms with Gasteiger partial charge in [-0.2, -0.15) is 0 Å². The van der Waals surface area contributed by atoms with E-state index in [-0.39, 0.29) is 0 Å². The Balaban J connectivity index is 1.98. The number of benzene rings is 1. The third kappa shape index (κ3) is 5.03. The Kier molecular flexibility index (Phi) is 6.73. The second-order valence-corrected chi connectivity index (χ2v) is 6.25. The van der Waals surface area contributed by atoms with Crippen molar-refractivity contribution in [1.29, 1.82) is 0 Å². The number of hydrogen-bond donors (Lipinski definition) is 2. The third-order valence-corrected chi connectivity index (χ3v) is 4.26. The van der Waals surface area contributed by atoms with Crippen LogP contribution in [0.25, 0.3) is 0 Å². The summed E-state index contributed by atoms with van der Waals surface area (Å²) in [5, 5.41) is 6.74. The van der Waals surface area contributed by atoms with Gasteiger partial charge in [0, 0.05) is 31.4 Å². The van der Waals surface area contributed by atoms with E-state index in [4.69, 9.17) is 9.47 Å². The summed E-state index contributed by atoms with van der Waals surface area (Å²) in [6.07, 6.45) is 2.65. The van der Waals surface area contributed by atoms with Crippen molar-refractivity contribution in [2.45, 2.75) is 25.8 Å². The average Bonchev–Trinajstić information content (AvgIpc) is 3.39. The minimum Gasteiger partial charge on any atom is -0.493 e. The van der Waals surface area contributed by atoms with Crippen LogP contribution in [-0.2, 0) is 0 Å². The molecule has 0 saturated heterocycles. The second kappa shape index (κ2) is 8.78. The van der Waals surface area contributed by atoms with Crippen molar-refractivity contribution in [3.8, 4) is 11.5 Å². The van der Waals surface area contributed by atoms with Crippen molar-refractivity contribution in [1.82, 2.24) is 10.2 Å². The fraction of sp³-hybridized carbons (Fsp3) is 0.611. The number of aliphatic imine (C=N–C) groups is 1. The lowest BCUT2D eigenvalue weighted by Gasteiger charge is -2.25. The summed E-state index contributed by atoms with van der Waals surface area (Å²) in [6, 6.07) is 6.32. The summed E-state index contributed by atoms with van der Waals surface area (Å²) >= 11 is 0. The second-order valence-electron chi connectivity index (χ2n) is 6.25. The molecule has 0 amide bonds. The van der Waals surface area contributed by atoms with E-state index in [9.17, 15) is 0 Å². The van der Waals surface area contributed by atoms with Gasteiger partial charge in [0.1, 0.15) is 0 Å². The number of nitrogens with one attached hydrogen (secondary N) is 2. The lowest BCUT2D eigenvalue weighted by molar-refractivity contribution is 0.264. The van der Waals surface area contributed by atoms with Crippen LogP contribution in [0.2, 0.25) is 0 Å². The smallest absolute Gasteiger partial charge is 0.195 e. The van der Waals surface area contributed by atoms with Gasteiger partial charge in [0.2, 0.25) is 0 Å². The molecule has 1 unspecified atom stereocenters. The van der Waals surface area contributed by atoms with E-state index in [2.05, 4.69) is 34.6 Å². The van der Waals surface area contributed by atoms with E-state index < -0.39 is 0 Å². The molecule has 1 aromatic carbocycles. The Bertz CT molecular complexity index is 554. The molecule has 1 aliphatic carbocycles. The molecule has 0 radical (unpaired) electrons. The van der Waals surface area contributed by atoms with E-state index in [1.807, 2.05) is 25.1 Å². The molecule has 1 saturated carbocycles. The van der Waals surface area contributed by atoms with E-state index in [0.717, 1.165) is 35.6 Å². The Morgan fingerprint density at radius 3 is 2.62 bits per heavy atom. The first kappa shape index (κ1) is 18.4. The zero-order valence-electron chi connectivity index (χ0n) is 15.4. The highest BCUT2D eigenvalue weighted by molar-refractivity contribution is 5.93. The predicted octanol–water partition coefficient (Wildman–Crippen LogP) is 2.42. The van der Waals surface area contributed by atoms with Gasteiger partial charge in [0.25, 0.3) is 0 Å². The fourth-order valence-electron chi connectivity index (χ4n) is 2.79. The minimum absolute atomic E-state index is 0.540. The summed E-state index contributed by atoms with van der Waals surface area (Å²) in [7, 11) is 7.70. The molecule has 6 heteroatoms. The number of guanidine groups is 1. The maximum absolute atomic E-state index is 5.62. The largest absolute Gasteiger partial charge is 0.493 e. The van der Waals surface area contributed by atoms with Gasteiger partial charge in [-0.25, -0.2) is 0 Å². The first-order valence-electron chi connectivity index (χ1n) is 8.54. The van der Waals surface area contributed by atoms with Gasteiger partial charge in [0.05, 0.1) is 13.7 Å². The fourth-order valence-corrected chi connectivity index (χ4v) is 2.79. The number of anilines is 1. The average molecular weight is 334 g/mol. The first-order chi connectivity index (χ1) is 11.6. The quantitative estimate of drug-likeness (QED) is 0.565. The third-order valence-electron chi connectivity index (χ3n) is 4.26. The number of rotatable bonds is 8. The molecule has 1 aliphatic rings. The number of methoxy groups -OCH3 is 1. The van der Waals surface area contributed by atoms with Crippen LogP contribution < -0.4 is 20.1 Å². The van der Waals surface area contributed by atoms with Gasteiger partial charge < -0.3 is 25.0 Å². The molecular weight excluding hydrogens is 304 g/mol. The Morgan fingerprint density at radius 2 is 2.08 bits per heavy atom. The molecule has 134 valence electrons. The maximum atomic E-state index is 5.62. The highest BCUT2D eigenvalue weighted by Gasteiger charge is 2.32. The molecular formula is C18H30N4O2. The summed E-state index contributed by atoms with van der Waals surface area (Å²) in [5.41, 5.74) is 0.917. The topological polar surface area (TPSA) is 58.1 Å². The van der Waals surface area contributed by atoms with Crippen LogP contribution in [0.1, 0.15) is 19.8 Å². The molecule has 2 rings (SSSR count). The van der Waals surface area contributed by atoms with Gasteiger partial charge >= 0.3 is 0 Å². The van der Waals surface area contributed by atoms with Crippen molar-refractivity contribution in [2.75, 3.05) is 46.7 Å². The van der Waals surface area contributed by atoms with Gasteiger partial charge in [0.15, 0.2) is 17.5 Å². The number of likely N-dealkylation sites (N-methyl/N-ethyl adjacent to an activating group) is 1. The molecule has 1 atom stereocenters. The van der Waals surface area contributed by atoms with Crippen molar-refractivity contribution in [3.05, 3.63) is 18.2 Å². The van der Waals surface area contributed by atoms with Crippen LogP contribution in [0.3, 0.4) is 0 Å². The Labute approximate surface area is 145 Å². The highest BCUT2D eigenvalue weighted by atomic mass is 16.5. The number of hydrogen-bond acceptors (Lipinski definition) is 4. The molecule has 24 heavy (non-hydrogen) atoms. The number of nitrogens with zero attached hydrogens (tertiary/aromatic N) is 2. The van der Waals surface area contributed by atoms with Crippen LogP contribution in [-0.4, -0.2) is 58.3 Å². The van der Waals surface area contributed by atoms with Gasteiger partial charge in [-0.05, 0) is 51.9 Å². The summed E-state index contributed by atoms with van der Waals surface area (Å²) in [6.45, 7) is 3.43. The van der Waals surface area contributed by atoms with Gasteiger partial charge in [-0.1, -0.05) is 0 Å². The SMILES string of the molecule is CCOc1cc(NC(=NC)NCC(C2CC2)N(C)C)ccc1OC. The van der Waals surface area contributed by atoms with E-state index in [1.165, 1.54) is 12.8 Å². The van der Waals surface area contributed by atoms with Gasteiger partial charge in [-0.15, -0.1) is 0 Å². The molecule has 0 aliphatic heterocycles. The van der Waals surface area contributed by atoms with Crippen LogP contribution in [0, 0.1) is 5.92 Å². The molecule has 2 N–H and O–H groups in total. The standard InChI is InChI=1S/C18H30N4O2/c1-6-24-17-11-14(9-10-16(17)23-5)21-18(19-2)20-12-15(22(3)4)13-7-8-13/h9-11,13,15H,6-8,12H2,1-5H3,(H2,19,20,21). The lowest BCUT2D eigenvalue weighted by atomic mass is 10.1. The molecule has 1 fully saturated rings. The first-order valence-corrected chi connectivity index (χ1v) is 8.54. The van der Waals surface area contributed by atoms with Crippen molar-refractivity contribution in [3.63, 3.8) is 0 Å². The summed E-state index contributed by atoms with van der Waals surface area (Å²) in [4.78, 5) is 6.61. The van der Waals surface area contributed by atoms with Crippen LogP contribution in [0.5, 0.6) is 11.5 Å². The van der Waals surface area contributed by atoms with Crippen LogP contribution >= 0.6 is 0 Å². The molecule has 0 bridgehead atoms. The molecule has 0 heterocycles. The molecule has 0 aromatic heterocycles.